The lowest BCUT2D eigenvalue weighted by Gasteiger charge is -2.28. The Morgan fingerprint density at radius 1 is 0.939 bits per heavy atom. The third-order valence-electron chi connectivity index (χ3n) is 6.58. The van der Waals surface area contributed by atoms with Gasteiger partial charge in [0.25, 0.3) is 5.56 Å². The Morgan fingerprint density at radius 2 is 1.70 bits per heavy atom. The zero-order chi connectivity index (χ0) is 22.9. The summed E-state index contributed by atoms with van der Waals surface area (Å²) in [4.78, 5) is 26.4. The molecule has 4 aromatic rings. The quantitative estimate of drug-likeness (QED) is 0.474. The molecule has 6 rings (SSSR count). The molecule has 0 fully saturated rings. The van der Waals surface area contributed by atoms with Gasteiger partial charge in [-0.1, -0.05) is 35.9 Å². The molecule has 4 heterocycles. The molecule has 0 aliphatic carbocycles. The van der Waals surface area contributed by atoms with Gasteiger partial charge in [0.15, 0.2) is 11.5 Å². The first-order valence-corrected chi connectivity index (χ1v) is 10.9. The second kappa shape index (κ2) is 7.11. The van der Waals surface area contributed by atoms with Crippen molar-refractivity contribution >= 4 is 10.9 Å². The fourth-order valence-corrected chi connectivity index (χ4v) is 4.92. The van der Waals surface area contributed by atoms with Gasteiger partial charge in [0, 0.05) is 20.6 Å². The third kappa shape index (κ3) is 2.80. The zero-order valence-electron chi connectivity index (χ0n) is 18.6. The van der Waals surface area contributed by atoms with Gasteiger partial charge in [0.1, 0.15) is 6.10 Å². The molecule has 0 saturated heterocycles. The lowest BCUT2D eigenvalue weighted by Crippen LogP contribution is -2.37. The van der Waals surface area contributed by atoms with Crippen molar-refractivity contribution in [3.05, 3.63) is 80.1 Å². The molecule has 2 aromatic carbocycles. The van der Waals surface area contributed by atoms with Crippen molar-refractivity contribution in [2.45, 2.75) is 19.6 Å². The minimum Gasteiger partial charge on any atom is -0.454 e. The maximum absolute atomic E-state index is 13.4. The minimum absolute atomic E-state index is 0.186. The number of fused-ring (bicyclic) bond motifs is 4. The molecule has 0 N–H and O–H groups in total. The van der Waals surface area contributed by atoms with E-state index in [0.29, 0.717) is 35.6 Å². The first kappa shape index (κ1) is 19.9. The van der Waals surface area contributed by atoms with Crippen LogP contribution in [0, 0.1) is 6.92 Å². The Bertz CT molecular complexity index is 1540. The van der Waals surface area contributed by atoms with Crippen molar-refractivity contribution in [1.29, 1.82) is 0 Å². The predicted octanol–water partition coefficient (Wildman–Crippen LogP) is 2.86. The second-order valence-corrected chi connectivity index (χ2v) is 8.54. The largest absolute Gasteiger partial charge is 0.454 e. The molecule has 1 atom stereocenters. The molecule has 0 spiro atoms. The van der Waals surface area contributed by atoms with E-state index < -0.39 is 6.10 Å². The van der Waals surface area contributed by atoms with Gasteiger partial charge in [-0.05, 0) is 30.2 Å². The van der Waals surface area contributed by atoms with Gasteiger partial charge in [-0.3, -0.25) is 13.9 Å². The van der Waals surface area contributed by atoms with Crippen molar-refractivity contribution in [2.75, 3.05) is 13.4 Å². The Hall–Kier alpha value is -3.78. The normalized spacial score (nSPS) is 16.9. The highest BCUT2D eigenvalue weighted by Gasteiger charge is 2.33. The molecule has 0 saturated carbocycles. The topological polar surface area (TPSA) is 76.6 Å². The van der Waals surface area contributed by atoms with Crippen LogP contribution >= 0.6 is 0 Å². The summed E-state index contributed by atoms with van der Waals surface area (Å²) >= 11 is 0. The lowest BCUT2D eigenvalue weighted by molar-refractivity contribution is 0.0477. The summed E-state index contributed by atoms with van der Waals surface area (Å²) in [5, 5.41) is 0.523. The molecule has 8 nitrogen and oxygen atoms in total. The van der Waals surface area contributed by atoms with Crippen LogP contribution in [0.15, 0.2) is 52.1 Å². The second-order valence-electron chi connectivity index (χ2n) is 8.54. The van der Waals surface area contributed by atoms with E-state index in [4.69, 9.17) is 14.2 Å². The number of aryl methyl sites for hydroxylation is 2. The van der Waals surface area contributed by atoms with Crippen LogP contribution in [-0.4, -0.2) is 27.1 Å². The van der Waals surface area contributed by atoms with Gasteiger partial charge in [-0.25, -0.2) is 4.79 Å². The molecule has 168 valence electrons. The average molecular weight is 445 g/mol. The number of hydrogen-bond donors (Lipinski definition) is 0. The summed E-state index contributed by atoms with van der Waals surface area (Å²) in [5.74, 6) is 1.35. The zero-order valence-corrected chi connectivity index (χ0v) is 18.6. The molecular formula is C25H23N3O5. The van der Waals surface area contributed by atoms with E-state index in [1.165, 1.54) is 11.6 Å². The summed E-state index contributed by atoms with van der Waals surface area (Å²) in [6.07, 6.45) is -0.465. The van der Waals surface area contributed by atoms with Crippen LogP contribution in [0.3, 0.4) is 0 Å². The van der Waals surface area contributed by atoms with Crippen molar-refractivity contribution in [3.63, 3.8) is 0 Å². The van der Waals surface area contributed by atoms with Crippen LogP contribution in [0.4, 0.5) is 0 Å². The highest BCUT2D eigenvalue weighted by Crippen LogP contribution is 2.43. The van der Waals surface area contributed by atoms with Crippen molar-refractivity contribution in [2.24, 2.45) is 14.1 Å². The van der Waals surface area contributed by atoms with Crippen LogP contribution in [0.2, 0.25) is 0 Å². The van der Waals surface area contributed by atoms with E-state index in [9.17, 15) is 9.59 Å². The molecule has 0 unspecified atom stereocenters. The number of ether oxygens (including phenoxy) is 3. The SMILES string of the molecule is Cc1ccc(-c2c3c(=O)n(C)c(=O)n(C)c3c3n2CCO[C@@H]3c2ccc3c(c2)OCO3)cc1. The summed E-state index contributed by atoms with van der Waals surface area (Å²) in [6, 6.07) is 13.8. The highest BCUT2D eigenvalue weighted by atomic mass is 16.7. The molecule has 0 bridgehead atoms. The Kier molecular flexibility index (Phi) is 4.28. The molecule has 8 heteroatoms. The number of rotatable bonds is 2. The van der Waals surface area contributed by atoms with Gasteiger partial charge >= 0.3 is 5.69 Å². The van der Waals surface area contributed by atoms with E-state index in [-0.39, 0.29) is 18.0 Å². The molecule has 33 heavy (non-hydrogen) atoms. The summed E-state index contributed by atoms with van der Waals surface area (Å²) in [5.41, 5.74) is 4.47. The maximum atomic E-state index is 13.4. The average Bonchev–Trinajstić information content (AvgIpc) is 3.44. The summed E-state index contributed by atoms with van der Waals surface area (Å²) < 4.78 is 22.1. The van der Waals surface area contributed by atoms with Gasteiger partial charge in [-0.2, -0.15) is 0 Å². The monoisotopic (exact) mass is 445 g/mol. The fraction of sp³-hybridized carbons (Fsp3) is 0.280. The number of nitrogens with zero attached hydrogens (tertiary/aromatic N) is 3. The van der Waals surface area contributed by atoms with Crippen LogP contribution in [-0.2, 0) is 25.4 Å². The van der Waals surface area contributed by atoms with Gasteiger partial charge in [-0.15, -0.1) is 0 Å². The third-order valence-corrected chi connectivity index (χ3v) is 6.58. The van der Waals surface area contributed by atoms with E-state index in [0.717, 1.165) is 28.1 Å². The Labute approximate surface area is 189 Å². The van der Waals surface area contributed by atoms with E-state index in [2.05, 4.69) is 4.57 Å². The molecule has 0 radical (unpaired) electrons. The Balaban J connectivity index is 1.71. The molecule has 0 amide bonds. The summed E-state index contributed by atoms with van der Waals surface area (Å²) in [6.45, 7) is 3.26. The lowest BCUT2D eigenvalue weighted by atomic mass is 10.0. The number of hydrogen-bond acceptors (Lipinski definition) is 5. The van der Waals surface area contributed by atoms with Crippen LogP contribution < -0.4 is 20.7 Å². The van der Waals surface area contributed by atoms with Gasteiger partial charge < -0.3 is 18.8 Å². The van der Waals surface area contributed by atoms with Crippen LogP contribution in [0.25, 0.3) is 22.2 Å². The highest BCUT2D eigenvalue weighted by molar-refractivity contribution is 5.96. The van der Waals surface area contributed by atoms with Crippen LogP contribution in [0.1, 0.15) is 22.9 Å². The molecular weight excluding hydrogens is 422 g/mol. The number of aromatic nitrogens is 3. The molecule has 2 aliphatic rings. The summed E-state index contributed by atoms with van der Waals surface area (Å²) in [7, 11) is 3.22. The Morgan fingerprint density at radius 3 is 2.48 bits per heavy atom. The first-order valence-electron chi connectivity index (χ1n) is 10.9. The standard InChI is InChI=1S/C25H23N3O5/c1-14-4-6-15(7-5-14)20-19-21(26(2)25(30)27(3)24(19)29)22-23(31-11-10-28(20)22)16-8-9-17-18(12-16)33-13-32-17/h4-9,12,23H,10-11,13H2,1-3H3/t23-/m1/s1. The van der Waals surface area contributed by atoms with Crippen molar-refractivity contribution < 1.29 is 14.2 Å². The van der Waals surface area contributed by atoms with E-state index in [1.54, 1.807) is 11.6 Å². The first-order chi connectivity index (χ1) is 16.0. The van der Waals surface area contributed by atoms with Gasteiger partial charge in [0.2, 0.25) is 6.79 Å². The minimum atomic E-state index is -0.465. The molecule has 2 aliphatic heterocycles. The van der Waals surface area contributed by atoms with E-state index >= 15 is 0 Å². The molecule has 2 aromatic heterocycles. The van der Waals surface area contributed by atoms with Gasteiger partial charge in [0.05, 0.1) is 28.9 Å². The van der Waals surface area contributed by atoms with Crippen LogP contribution in [0.5, 0.6) is 11.5 Å². The smallest absolute Gasteiger partial charge is 0.331 e. The number of benzene rings is 2. The maximum Gasteiger partial charge on any atom is 0.331 e. The van der Waals surface area contributed by atoms with Crippen molar-refractivity contribution in [1.82, 2.24) is 13.7 Å². The predicted molar refractivity (Wildman–Crippen MR) is 123 cm³/mol. The van der Waals surface area contributed by atoms with Crippen molar-refractivity contribution in [3.8, 4) is 22.8 Å². The van der Waals surface area contributed by atoms with E-state index in [1.807, 2.05) is 49.4 Å². The fourth-order valence-electron chi connectivity index (χ4n) is 4.92.